The van der Waals surface area contributed by atoms with Crippen molar-refractivity contribution in [3.63, 3.8) is 0 Å². The highest BCUT2D eigenvalue weighted by molar-refractivity contribution is 7.71. The van der Waals surface area contributed by atoms with Crippen LogP contribution in [-0.2, 0) is 24.5 Å². The zero-order valence-electron chi connectivity index (χ0n) is 17.1. The van der Waals surface area contributed by atoms with Crippen molar-refractivity contribution in [2.24, 2.45) is 0 Å². The highest BCUT2D eigenvalue weighted by Crippen LogP contribution is 2.25. The summed E-state index contributed by atoms with van der Waals surface area (Å²) < 4.78 is 10.4. The average molecular weight is 498 g/mol. The number of nitrogens with zero attached hydrogens (tertiary/aromatic N) is 4. The van der Waals surface area contributed by atoms with Gasteiger partial charge in [0.25, 0.3) is 0 Å². The second kappa shape index (κ2) is 10.0. The monoisotopic (exact) mass is 496 g/mol. The molecule has 3 aromatic rings. The summed E-state index contributed by atoms with van der Waals surface area (Å²) in [5.41, 5.74) is 1.97. The third-order valence-corrected chi connectivity index (χ3v) is 6.54. The van der Waals surface area contributed by atoms with Crippen LogP contribution in [0, 0.1) is 4.77 Å². The molecule has 0 N–H and O–H groups in total. The number of ether oxygens (including phenoxy) is 1. The maximum absolute atomic E-state index is 6.34. The molecule has 164 valence electrons. The van der Waals surface area contributed by atoms with Crippen LogP contribution in [-0.4, -0.2) is 39.0 Å². The topological polar surface area (TPSA) is 35.2 Å². The Kier molecular flexibility index (Phi) is 7.37. The molecular weight excluding hydrogens is 475 g/mol. The molecule has 1 aliphatic rings. The summed E-state index contributed by atoms with van der Waals surface area (Å²) >= 11 is 24.3. The molecular formula is C22H23Cl3N4OS. The van der Waals surface area contributed by atoms with Gasteiger partial charge in [0.1, 0.15) is 0 Å². The lowest BCUT2D eigenvalue weighted by atomic mass is 10.2. The van der Waals surface area contributed by atoms with Gasteiger partial charge in [-0.1, -0.05) is 40.9 Å². The molecule has 2 heterocycles. The van der Waals surface area contributed by atoms with E-state index in [1.165, 1.54) is 0 Å². The van der Waals surface area contributed by atoms with E-state index in [1.807, 2.05) is 48.1 Å². The van der Waals surface area contributed by atoms with Crippen molar-refractivity contribution < 1.29 is 4.74 Å². The van der Waals surface area contributed by atoms with Gasteiger partial charge in [-0.25, -0.2) is 4.68 Å². The number of halogens is 3. The van der Waals surface area contributed by atoms with Crippen molar-refractivity contribution in [1.29, 1.82) is 0 Å². The largest absolute Gasteiger partial charge is 0.376 e. The Labute approximate surface area is 202 Å². The Balaban J connectivity index is 1.60. The lowest BCUT2D eigenvalue weighted by molar-refractivity contribution is 0.0967. The van der Waals surface area contributed by atoms with Gasteiger partial charge in [-0.15, -0.1) is 0 Å². The predicted molar refractivity (Wildman–Crippen MR) is 128 cm³/mol. The molecule has 0 radical (unpaired) electrons. The van der Waals surface area contributed by atoms with Crippen LogP contribution in [0.1, 0.15) is 18.4 Å². The maximum atomic E-state index is 6.34. The zero-order valence-corrected chi connectivity index (χ0v) is 20.2. The molecule has 1 aliphatic heterocycles. The normalized spacial score (nSPS) is 16.4. The first kappa shape index (κ1) is 22.8. The van der Waals surface area contributed by atoms with E-state index in [-0.39, 0.29) is 6.10 Å². The number of benzene rings is 2. The fraction of sp³-hybridized carbons (Fsp3) is 0.364. The van der Waals surface area contributed by atoms with Gasteiger partial charge in [-0.2, -0.15) is 5.10 Å². The van der Waals surface area contributed by atoms with Crippen LogP contribution in [0.2, 0.25) is 15.1 Å². The first-order valence-electron chi connectivity index (χ1n) is 10.1. The Bertz CT molecular complexity index is 1110. The molecule has 0 spiro atoms. The molecule has 0 bridgehead atoms. The second-order valence-corrected chi connectivity index (χ2v) is 9.39. The maximum Gasteiger partial charge on any atom is 0.199 e. The lowest BCUT2D eigenvalue weighted by Gasteiger charge is -2.17. The Morgan fingerprint density at radius 1 is 1.13 bits per heavy atom. The van der Waals surface area contributed by atoms with E-state index in [4.69, 9.17) is 56.9 Å². The molecule has 0 saturated carbocycles. The van der Waals surface area contributed by atoms with Crippen LogP contribution in [0.15, 0.2) is 42.5 Å². The Morgan fingerprint density at radius 2 is 1.87 bits per heavy atom. The van der Waals surface area contributed by atoms with Crippen molar-refractivity contribution in [2.75, 3.05) is 13.7 Å². The molecule has 0 amide bonds. The van der Waals surface area contributed by atoms with Gasteiger partial charge >= 0.3 is 0 Å². The quantitative estimate of drug-likeness (QED) is 0.358. The van der Waals surface area contributed by atoms with E-state index >= 15 is 0 Å². The van der Waals surface area contributed by atoms with E-state index in [1.54, 1.807) is 6.07 Å². The standard InChI is InChI=1S/C22H23Cl3N4OS/c1-27(12-16-6-9-18(24)11-20(16)25)14-29-22(31)28(13-19-3-2-10-30-19)21(26-29)15-4-7-17(23)8-5-15/h4-9,11,19H,2-3,10,12-14H2,1H3/t19-/m1/s1. The van der Waals surface area contributed by atoms with Crippen molar-refractivity contribution in [2.45, 2.75) is 38.7 Å². The number of aromatic nitrogens is 3. The van der Waals surface area contributed by atoms with Gasteiger partial charge in [0.05, 0.1) is 19.3 Å². The average Bonchev–Trinajstić information content (AvgIpc) is 3.35. The fourth-order valence-corrected chi connectivity index (χ4v) is 4.58. The van der Waals surface area contributed by atoms with Crippen molar-refractivity contribution in [3.05, 3.63) is 67.9 Å². The van der Waals surface area contributed by atoms with E-state index in [2.05, 4.69) is 9.47 Å². The second-order valence-electron chi connectivity index (χ2n) is 7.75. The minimum atomic E-state index is 0.154. The molecule has 2 aromatic carbocycles. The van der Waals surface area contributed by atoms with Crippen LogP contribution in [0.4, 0.5) is 0 Å². The van der Waals surface area contributed by atoms with Gasteiger partial charge in [0.15, 0.2) is 10.6 Å². The molecule has 1 atom stereocenters. The van der Waals surface area contributed by atoms with Gasteiger partial charge in [0, 0.05) is 33.8 Å². The molecule has 9 heteroatoms. The van der Waals surface area contributed by atoms with Crippen LogP contribution in [0.3, 0.4) is 0 Å². The van der Waals surface area contributed by atoms with Crippen LogP contribution < -0.4 is 0 Å². The van der Waals surface area contributed by atoms with Crippen molar-refractivity contribution in [1.82, 2.24) is 19.2 Å². The first-order chi connectivity index (χ1) is 14.9. The minimum absolute atomic E-state index is 0.154. The van der Waals surface area contributed by atoms with Gasteiger partial charge in [-0.05, 0) is 74.1 Å². The predicted octanol–water partition coefficient (Wildman–Crippen LogP) is 6.31. The van der Waals surface area contributed by atoms with Crippen LogP contribution in [0.25, 0.3) is 11.4 Å². The summed E-state index contributed by atoms with van der Waals surface area (Å²) in [5, 5.41) is 6.81. The number of hydrogen-bond donors (Lipinski definition) is 0. The van der Waals surface area contributed by atoms with Crippen LogP contribution in [0.5, 0.6) is 0 Å². The van der Waals surface area contributed by atoms with E-state index in [0.717, 1.165) is 36.4 Å². The fourth-order valence-electron chi connectivity index (χ4n) is 3.72. The summed E-state index contributed by atoms with van der Waals surface area (Å²) in [6.07, 6.45) is 2.26. The van der Waals surface area contributed by atoms with Gasteiger partial charge < -0.3 is 4.74 Å². The highest BCUT2D eigenvalue weighted by Gasteiger charge is 2.21. The first-order valence-corrected chi connectivity index (χ1v) is 11.6. The molecule has 5 nitrogen and oxygen atoms in total. The summed E-state index contributed by atoms with van der Waals surface area (Å²) in [4.78, 5) is 2.11. The van der Waals surface area contributed by atoms with E-state index < -0.39 is 0 Å². The molecule has 0 aliphatic carbocycles. The highest BCUT2D eigenvalue weighted by atomic mass is 35.5. The Morgan fingerprint density at radius 3 is 2.55 bits per heavy atom. The molecule has 1 fully saturated rings. The smallest absolute Gasteiger partial charge is 0.199 e. The minimum Gasteiger partial charge on any atom is -0.376 e. The van der Waals surface area contributed by atoms with Gasteiger partial charge in [-0.3, -0.25) is 9.47 Å². The summed E-state index contributed by atoms with van der Waals surface area (Å²) in [6, 6.07) is 13.2. The molecule has 4 rings (SSSR count). The summed E-state index contributed by atoms with van der Waals surface area (Å²) in [5.74, 6) is 0.815. The van der Waals surface area contributed by atoms with Gasteiger partial charge in [0.2, 0.25) is 0 Å². The third-order valence-electron chi connectivity index (χ3n) is 5.27. The van der Waals surface area contributed by atoms with Crippen molar-refractivity contribution in [3.8, 4) is 11.4 Å². The van der Waals surface area contributed by atoms with E-state index in [0.29, 0.717) is 39.6 Å². The lowest BCUT2D eigenvalue weighted by Crippen LogP contribution is -2.23. The third kappa shape index (κ3) is 5.51. The van der Waals surface area contributed by atoms with Crippen LogP contribution >= 0.6 is 47.0 Å². The van der Waals surface area contributed by atoms with Crippen molar-refractivity contribution >= 4 is 47.0 Å². The van der Waals surface area contributed by atoms with E-state index in [9.17, 15) is 0 Å². The molecule has 31 heavy (non-hydrogen) atoms. The summed E-state index contributed by atoms with van der Waals surface area (Å²) in [6.45, 7) is 2.65. The molecule has 1 aromatic heterocycles. The number of hydrogen-bond acceptors (Lipinski definition) is 4. The Hall–Kier alpha value is -1.41. The SMILES string of the molecule is CN(Cc1ccc(Cl)cc1Cl)Cn1nc(-c2ccc(Cl)cc2)n(C[C@H]2CCCO2)c1=S. The number of rotatable bonds is 7. The zero-order chi connectivity index (χ0) is 22.0. The summed E-state index contributed by atoms with van der Waals surface area (Å²) in [7, 11) is 2.01. The molecule has 1 saturated heterocycles. The molecule has 0 unspecified atom stereocenters.